The lowest BCUT2D eigenvalue weighted by Crippen LogP contribution is -2.29. The predicted octanol–water partition coefficient (Wildman–Crippen LogP) is 2.37. The highest BCUT2D eigenvalue weighted by Crippen LogP contribution is 2.33. The van der Waals surface area contributed by atoms with Gasteiger partial charge >= 0.3 is 0 Å². The van der Waals surface area contributed by atoms with Crippen molar-refractivity contribution < 1.29 is 9.50 Å². The van der Waals surface area contributed by atoms with Crippen LogP contribution in [0.15, 0.2) is 49.4 Å². The van der Waals surface area contributed by atoms with Gasteiger partial charge in [0.05, 0.1) is 18.2 Å². The van der Waals surface area contributed by atoms with E-state index in [0.29, 0.717) is 11.3 Å². The van der Waals surface area contributed by atoms with Crippen molar-refractivity contribution in [3.8, 4) is 0 Å². The lowest BCUT2D eigenvalue weighted by Gasteiger charge is -2.27. The van der Waals surface area contributed by atoms with E-state index in [2.05, 4.69) is 11.6 Å². The molecule has 4 heteroatoms. The van der Waals surface area contributed by atoms with Crippen LogP contribution < -0.4 is 0 Å². The van der Waals surface area contributed by atoms with Crippen LogP contribution >= 0.6 is 0 Å². The van der Waals surface area contributed by atoms with Crippen LogP contribution in [-0.2, 0) is 12.6 Å². The Morgan fingerprint density at radius 1 is 1.56 bits per heavy atom. The zero-order valence-corrected chi connectivity index (χ0v) is 10.2. The van der Waals surface area contributed by atoms with Gasteiger partial charge in [-0.05, 0) is 17.7 Å². The van der Waals surface area contributed by atoms with Gasteiger partial charge in [-0.3, -0.25) is 0 Å². The number of nitrogens with zero attached hydrogens (tertiary/aromatic N) is 2. The molecule has 3 nitrogen and oxygen atoms in total. The lowest BCUT2D eigenvalue weighted by atomic mass is 9.87. The Kier molecular flexibility index (Phi) is 3.30. The molecule has 0 amide bonds. The van der Waals surface area contributed by atoms with Crippen molar-refractivity contribution in [2.75, 3.05) is 0 Å². The van der Waals surface area contributed by atoms with Gasteiger partial charge in [0.2, 0.25) is 0 Å². The number of aromatic nitrogens is 2. The van der Waals surface area contributed by atoms with E-state index in [4.69, 9.17) is 0 Å². The lowest BCUT2D eigenvalue weighted by molar-refractivity contribution is 0.0760. The molecule has 94 valence electrons. The summed E-state index contributed by atoms with van der Waals surface area (Å²) in [4.78, 5) is 3.99. The summed E-state index contributed by atoms with van der Waals surface area (Å²) in [7, 11) is 1.79. The van der Waals surface area contributed by atoms with Gasteiger partial charge in [-0.25, -0.2) is 9.37 Å². The maximum Gasteiger partial charge on any atom is 0.134 e. The second kappa shape index (κ2) is 4.74. The average Bonchev–Trinajstić information content (AvgIpc) is 2.76. The molecule has 18 heavy (non-hydrogen) atoms. The van der Waals surface area contributed by atoms with Gasteiger partial charge in [-0.1, -0.05) is 18.2 Å². The molecule has 0 saturated heterocycles. The molecule has 1 N–H and O–H groups in total. The average molecular weight is 246 g/mol. The molecule has 2 rings (SSSR count). The minimum atomic E-state index is -1.31. The van der Waals surface area contributed by atoms with Crippen LogP contribution in [0.1, 0.15) is 17.7 Å². The summed E-state index contributed by atoms with van der Waals surface area (Å²) in [5.41, 5.74) is -0.214. The van der Waals surface area contributed by atoms with Crippen LogP contribution in [0.3, 0.4) is 0 Å². The highest BCUT2D eigenvalue weighted by atomic mass is 19.1. The molecule has 2 aromatic rings. The highest BCUT2D eigenvalue weighted by Gasteiger charge is 2.33. The summed E-state index contributed by atoms with van der Waals surface area (Å²) in [6, 6.07) is 5.95. The number of hydrogen-bond acceptors (Lipinski definition) is 2. The molecule has 0 spiro atoms. The molecule has 0 radical (unpaired) electrons. The first-order valence-electron chi connectivity index (χ1n) is 5.64. The quantitative estimate of drug-likeness (QED) is 0.841. The molecular formula is C14H15FN2O. The van der Waals surface area contributed by atoms with Crippen LogP contribution in [0.5, 0.6) is 0 Å². The van der Waals surface area contributed by atoms with Crippen molar-refractivity contribution in [3.05, 3.63) is 66.5 Å². The van der Waals surface area contributed by atoms with Crippen LogP contribution in [0.25, 0.3) is 0 Å². The Balaban J connectivity index is 2.57. The van der Waals surface area contributed by atoms with Crippen LogP contribution in [-0.4, -0.2) is 14.7 Å². The van der Waals surface area contributed by atoms with Gasteiger partial charge in [0.1, 0.15) is 11.4 Å². The normalized spacial score (nSPS) is 14.2. The van der Waals surface area contributed by atoms with E-state index < -0.39 is 5.60 Å². The summed E-state index contributed by atoms with van der Waals surface area (Å²) >= 11 is 0. The van der Waals surface area contributed by atoms with Crippen molar-refractivity contribution >= 4 is 0 Å². The smallest absolute Gasteiger partial charge is 0.134 e. The molecule has 0 aliphatic rings. The van der Waals surface area contributed by atoms with Crippen LogP contribution in [0.4, 0.5) is 4.39 Å². The van der Waals surface area contributed by atoms with Crippen molar-refractivity contribution in [2.24, 2.45) is 7.05 Å². The highest BCUT2D eigenvalue weighted by molar-refractivity contribution is 5.33. The first-order chi connectivity index (χ1) is 8.58. The molecule has 1 aromatic heterocycles. The summed E-state index contributed by atoms with van der Waals surface area (Å²) in [6.07, 6.45) is 5.07. The molecule has 0 fully saturated rings. The fourth-order valence-corrected chi connectivity index (χ4v) is 2.08. The van der Waals surface area contributed by atoms with Crippen molar-refractivity contribution in [2.45, 2.75) is 12.0 Å². The molecule has 1 unspecified atom stereocenters. The molecule has 0 bridgehead atoms. The van der Waals surface area contributed by atoms with Gasteiger partial charge in [-0.2, -0.15) is 0 Å². The molecule has 0 aliphatic heterocycles. The molecule has 1 aromatic carbocycles. The van der Waals surface area contributed by atoms with Gasteiger partial charge in [0, 0.05) is 13.5 Å². The number of hydrogen-bond donors (Lipinski definition) is 1. The SMILES string of the molecule is C=CCC(O)(c1cccc(F)c1)c1cncn1C. The van der Waals surface area contributed by atoms with E-state index in [1.807, 2.05) is 0 Å². The predicted molar refractivity (Wildman–Crippen MR) is 67.4 cm³/mol. The fourth-order valence-electron chi connectivity index (χ4n) is 2.08. The summed E-state index contributed by atoms with van der Waals surface area (Å²) in [5, 5.41) is 10.8. The third-order valence-electron chi connectivity index (χ3n) is 2.98. The maximum absolute atomic E-state index is 13.3. The summed E-state index contributed by atoms with van der Waals surface area (Å²) in [6.45, 7) is 3.65. The Morgan fingerprint density at radius 3 is 2.89 bits per heavy atom. The number of imidazole rings is 1. The van der Waals surface area contributed by atoms with Gasteiger partial charge in [-0.15, -0.1) is 6.58 Å². The van der Waals surface area contributed by atoms with Crippen molar-refractivity contribution in [3.63, 3.8) is 0 Å². The van der Waals surface area contributed by atoms with Crippen molar-refractivity contribution in [1.82, 2.24) is 9.55 Å². The topological polar surface area (TPSA) is 38.1 Å². The Labute approximate surface area is 105 Å². The van der Waals surface area contributed by atoms with E-state index in [1.54, 1.807) is 42.3 Å². The Morgan fingerprint density at radius 2 is 2.33 bits per heavy atom. The number of aliphatic hydroxyl groups is 1. The van der Waals surface area contributed by atoms with E-state index in [1.165, 1.54) is 12.1 Å². The number of benzene rings is 1. The minimum absolute atomic E-state index is 0.288. The summed E-state index contributed by atoms with van der Waals surface area (Å²) < 4.78 is 15.0. The fraction of sp³-hybridized carbons (Fsp3) is 0.214. The first-order valence-corrected chi connectivity index (χ1v) is 5.64. The Bertz CT molecular complexity index is 564. The van der Waals surface area contributed by atoms with E-state index >= 15 is 0 Å². The second-order valence-electron chi connectivity index (χ2n) is 4.25. The molecule has 0 aliphatic carbocycles. The van der Waals surface area contributed by atoms with E-state index in [9.17, 15) is 9.50 Å². The number of halogens is 1. The van der Waals surface area contributed by atoms with Gasteiger partial charge < -0.3 is 9.67 Å². The molecule has 1 heterocycles. The van der Waals surface area contributed by atoms with E-state index in [0.717, 1.165) is 0 Å². The van der Waals surface area contributed by atoms with Crippen molar-refractivity contribution in [1.29, 1.82) is 0 Å². The summed E-state index contributed by atoms with van der Waals surface area (Å²) in [5.74, 6) is -0.378. The van der Waals surface area contributed by atoms with E-state index in [-0.39, 0.29) is 12.2 Å². The third kappa shape index (κ3) is 2.07. The molecular weight excluding hydrogens is 231 g/mol. The maximum atomic E-state index is 13.3. The number of rotatable bonds is 4. The minimum Gasteiger partial charge on any atom is -0.378 e. The number of aryl methyl sites for hydroxylation is 1. The monoisotopic (exact) mass is 246 g/mol. The molecule has 0 saturated carbocycles. The largest absolute Gasteiger partial charge is 0.378 e. The van der Waals surface area contributed by atoms with Crippen LogP contribution in [0.2, 0.25) is 0 Å². The molecule has 1 atom stereocenters. The second-order valence-corrected chi connectivity index (χ2v) is 4.25. The zero-order chi connectivity index (χ0) is 13.2. The van der Waals surface area contributed by atoms with Gasteiger partial charge in [0.25, 0.3) is 0 Å². The zero-order valence-electron chi connectivity index (χ0n) is 10.2. The van der Waals surface area contributed by atoms with Gasteiger partial charge in [0.15, 0.2) is 0 Å². The van der Waals surface area contributed by atoms with Crippen LogP contribution in [0, 0.1) is 5.82 Å². The third-order valence-corrected chi connectivity index (χ3v) is 2.98. The standard InChI is InChI=1S/C14H15FN2O/c1-3-7-14(18,13-9-16-10-17(13)2)11-5-4-6-12(15)8-11/h3-6,8-10,18H,1,7H2,2H3. The Hall–Kier alpha value is -1.94. The first kappa shape index (κ1) is 12.5.